The number of pyridine rings is 1. The highest BCUT2D eigenvalue weighted by molar-refractivity contribution is 9.10. The number of halogens is 1. The molecule has 1 unspecified atom stereocenters. The fourth-order valence-corrected chi connectivity index (χ4v) is 3.02. The summed E-state index contributed by atoms with van der Waals surface area (Å²) in [4.78, 5) is 4.08. The average molecular weight is 338 g/mol. The summed E-state index contributed by atoms with van der Waals surface area (Å²) in [7, 11) is 0. The van der Waals surface area contributed by atoms with Crippen molar-refractivity contribution in [2.75, 3.05) is 0 Å². The summed E-state index contributed by atoms with van der Waals surface area (Å²) in [5.74, 6) is 0. The summed E-state index contributed by atoms with van der Waals surface area (Å²) in [6, 6.07) is 3.88. The lowest BCUT2D eigenvalue weighted by Gasteiger charge is -2.12. The van der Waals surface area contributed by atoms with E-state index in [1.165, 1.54) is 0 Å². The van der Waals surface area contributed by atoms with Crippen LogP contribution < -0.4 is 0 Å². The molecule has 0 aliphatic heterocycles. The van der Waals surface area contributed by atoms with Crippen LogP contribution in [0.15, 0.2) is 29.0 Å². The second-order valence-corrected chi connectivity index (χ2v) is 5.59. The largest absolute Gasteiger partial charge is 0.392 e. The van der Waals surface area contributed by atoms with Crippen molar-refractivity contribution in [3.8, 4) is 0 Å². The molecule has 0 amide bonds. The van der Waals surface area contributed by atoms with Gasteiger partial charge >= 0.3 is 0 Å². The minimum Gasteiger partial charge on any atom is -0.392 e. The third-order valence-corrected chi connectivity index (χ3v) is 4.23. The SMILES string of the molecule is CCc1nn(CC)c(CC(O)Cc2cccnc2)c1Br. The Balaban J connectivity index is 2.11. The molecule has 2 aromatic rings. The second kappa shape index (κ2) is 6.99. The van der Waals surface area contributed by atoms with Crippen LogP contribution in [0.25, 0.3) is 0 Å². The smallest absolute Gasteiger partial charge is 0.0766 e. The fourth-order valence-electron chi connectivity index (χ4n) is 2.30. The summed E-state index contributed by atoms with van der Waals surface area (Å²) in [5.41, 5.74) is 3.17. The molecule has 4 nitrogen and oxygen atoms in total. The highest BCUT2D eigenvalue weighted by Gasteiger charge is 2.17. The van der Waals surface area contributed by atoms with Crippen molar-refractivity contribution in [2.24, 2.45) is 0 Å². The average Bonchev–Trinajstić information content (AvgIpc) is 2.76. The molecule has 1 N–H and O–H groups in total. The van der Waals surface area contributed by atoms with Crippen LogP contribution in [-0.2, 0) is 25.8 Å². The number of nitrogens with zero attached hydrogens (tertiary/aromatic N) is 3. The normalized spacial score (nSPS) is 12.6. The Morgan fingerprint density at radius 1 is 1.35 bits per heavy atom. The van der Waals surface area contributed by atoms with Gasteiger partial charge in [-0.25, -0.2) is 0 Å². The lowest BCUT2D eigenvalue weighted by Crippen LogP contribution is -2.17. The third kappa shape index (κ3) is 3.46. The topological polar surface area (TPSA) is 50.9 Å². The van der Waals surface area contributed by atoms with Crippen molar-refractivity contribution in [3.05, 3.63) is 46.0 Å². The molecule has 0 fully saturated rings. The maximum Gasteiger partial charge on any atom is 0.0766 e. The zero-order valence-corrected chi connectivity index (χ0v) is 13.5. The maximum atomic E-state index is 10.3. The van der Waals surface area contributed by atoms with Gasteiger partial charge < -0.3 is 5.11 Å². The van der Waals surface area contributed by atoms with Gasteiger partial charge in [0, 0.05) is 31.8 Å². The summed E-state index contributed by atoms with van der Waals surface area (Å²) in [6.07, 6.45) is 5.20. The van der Waals surface area contributed by atoms with Crippen LogP contribution in [0, 0.1) is 0 Å². The molecule has 20 heavy (non-hydrogen) atoms. The Morgan fingerprint density at radius 3 is 2.75 bits per heavy atom. The molecule has 2 aromatic heterocycles. The zero-order chi connectivity index (χ0) is 14.5. The van der Waals surface area contributed by atoms with Crippen molar-refractivity contribution in [1.29, 1.82) is 0 Å². The quantitative estimate of drug-likeness (QED) is 0.881. The van der Waals surface area contributed by atoms with Gasteiger partial charge in [-0.15, -0.1) is 0 Å². The van der Waals surface area contributed by atoms with Crippen LogP contribution in [0.1, 0.15) is 30.8 Å². The van der Waals surface area contributed by atoms with E-state index < -0.39 is 6.10 Å². The monoisotopic (exact) mass is 337 g/mol. The number of rotatable bonds is 6. The van der Waals surface area contributed by atoms with Gasteiger partial charge in [0.1, 0.15) is 0 Å². The third-order valence-electron chi connectivity index (χ3n) is 3.32. The zero-order valence-electron chi connectivity index (χ0n) is 11.9. The molecular formula is C15H20BrN3O. The van der Waals surface area contributed by atoms with Gasteiger partial charge in [0.2, 0.25) is 0 Å². The molecular weight excluding hydrogens is 318 g/mol. The van der Waals surface area contributed by atoms with Crippen molar-refractivity contribution in [3.63, 3.8) is 0 Å². The first kappa shape index (κ1) is 15.2. The Labute approximate surface area is 128 Å². The first-order chi connectivity index (χ1) is 9.65. The van der Waals surface area contributed by atoms with Crippen molar-refractivity contribution >= 4 is 15.9 Å². The molecule has 0 aromatic carbocycles. The number of aliphatic hydroxyl groups excluding tert-OH is 1. The molecule has 0 saturated heterocycles. The van der Waals surface area contributed by atoms with Gasteiger partial charge in [-0.3, -0.25) is 9.67 Å². The Morgan fingerprint density at radius 2 is 2.15 bits per heavy atom. The summed E-state index contributed by atoms with van der Waals surface area (Å²) >= 11 is 3.61. The molecule has 0 aliphatic rings. The predicted molar refractivity (Wildman–Crippen MR) is 82.6 cm³/mol. The molecule has 5 heteroatoms. The highest BCUT2D eigenvalue weighted by Crippen LogP contribution is 2.24. The Hall–Kier alpha value is -1.20. The van der Waals surface area contributed by atoms with E-state index in [4.69, 9.17) is 0 Å². The summed E-state index contributed by atoms with van der Waals surface area (Å²) in [5, 5.41) is 14.8. The second-order valence-electron chi connectivity index (χ2n) is 4.80. The molecule has 0 radical (unpaired) electrons. The van der Waals surface area contributed by atoms with Crippen LogP contribution in [0.2, 0.25) is 0 Å². The number of hydrogen-bond acceptors (Lipinski definition) is 3. The predicted octanol–water partition coefficient (Wildman–Crippen LogP) is 2.77. The van der Waals surface area contributed by atoms with Gasteiger partial charge in [0.25, 0.3) is 0 Å². The van der Waals surface area contributed by atoms with Crippen LogP contribution in [-0.4, -0.2) is 26.0 Å². The number of aliphatic hydroxyl groups is 1. The molecule has 2 heterocycles. The number of hydrogen-bond donors (Lipinski definition) is 1. The molecule has 0 bridgehead atoms. The van der Waals surface area contributed by atoms with Crippen molar-refractivity contribution in [2.45, 2.75) is 45.8 Å². The van der Waals surface area contributed by atoms with Gasteiger partial charge in [-0.1, -0.05) is 13.0 Å². The van der Waals surface area contributed by atoms with E-state index in [2.05, 4.69) is 39.9 Å². The van der Waals surface area contributed by atoms with Gasteiger partial charge in [-0.2, -0.15) is 5.10 Å². The molecule has 0 saturated carbocycles. The molecule has 2 rings (SSSR count). The minimum absolute atomic E-state index is 0.429. The fraction of sp³-hybridized carbons (Fsp3) is 0.467. The number of aromatic nitrogens is 3. The lowest BCUT2D eigenvalue weighted by atomic mass is 10.1. The van der Waals surface area contributed by atoms with E-state index in [0.717, 1.165) is 34.4 Å². The van der Waals surface area contributed by atoms with Gasteiger partial charge in [0.15, 0.2) is 0 Å². The van der Waals surface area contributed by atoms with E-state index in [1.54, 1.807) is 12.4 Å². The van der Waals surface area contributed by atoms with Crippen molar-refractivity contribution in [1.82, 2.24) is 14.8 Å². The molecule has 0 aliphatic carbocycles. The first-order valence-corrected chi connectivity index (χ1v) is 7.76. The van der Waals surface area contributed by atoms with Crippen LogP contribution in [0.5, 0.6) is 0 Å². The van der Waals surface area contributed by atoms with Gasteiger partial charge in [-0.05, 0) is 40.9 Å². The molecule has 0 spiro atoms. The van der Waals surface area contributed by atoms with Crippen LogP contribution in [0.3, 0.4) is 0 Å². The van der Waals surface area contributed by atoms with E-state index in [1.807, 2.05) is 16.8 Å². The van der Waals surface area contributed by atoms with E-state index in [-0.39, 0.29) is 0 Å². The van der Waals surface area contributed by atoms with Gasteiger partial charge in [0.05, 0.1) is 22.0 Å². The molecule has 108 valence electrons. The van der Waals surface area contributed by atoms with E-state index in [9.17, 15) is 5.11 Å². The highest BCUT2D eigenvalue weighted by atomic mass is 79.9. The first-order valence-electron chi connectivity index (χ1n) is 6.96. The Kier molecular flexibility index (Phi) is 5.31. The van der Waals surface area contributed by atoms with Crippen LogP contribution >= 0.6 is 15.9 Å². The number of aryl methyl sites for hydroxylation is 2. The maximum absolute atomic E-state index is 10.3. The van der Waals surface area contributed by atoms with Crippen molar-refractivity contribution < 1.29 is 5.11 Å². The summed E-state index contributed by atoms with van der Waals surface area (Å²) < 4.78 is 3.00. The lowest BCUT2D eigenvalue weighted by molar-refractivity contribution is 0.172. The minimum atomic E-state index is -0.429. The van der Waals surface area contributed by atoms with Crippen LogP contribution in [0.4, 0.5) is 0 Å². The standard InChI is InChI=1S/C15H20BrN3O/c1-3-13-15(16)14(19(4-2)18-13)9-12(20)8-11-6-5-7-17-10-11/h5-7,10,12,20H,3-4,8-9H2,1-2H3. The van der Waals surface area contributed by atoms with E-state index in [0.29, 0.717) is 12.8 Å². The van der Waals surface area contributed by atoms with E-state index >= 15 is 0 Å². The summed E-state index contributed by atoms with van der Waals surface area (Å²) in [6.45, 7) is 4.96. The molecule has 1 atom stereocenters. The Bertz CT molecular complexity index is 554.